The van der Waals surface area contributed by atoms with Gasteiger partial charge in [-0.05, 0) is 95.6 Å². The van der Waals surface area contributed by atoms with Crippen molar-refractivity contribution in [1.29, 1.82) is 0 Å². The molecule has 0 radical (unpaired) electrons. The second-order valence-electron chi connectivity index (χ2n) is 18.5. The number of terminal acetylenes is 1. The average Bonchev–Trinajstić information content (AvgIpc) is 3.52. The van der Waals surface area contributed by atoms with E-state index < -0.39 is 52.9 Å². The molecule has 0 aromatic carbocycles. The van der Waals surface area contributed by atoms with Gasteiger partial charge in [-0.3, -0.25) is 9.59 Å². The number of ether oxygens (including phenoxy) is 5. The van der Waals surface area contributed by atoms with Crippen LogP contribution >= 0.6 is 0 Å². The van der Waals surface area contributed by atoms with E-state index in [-0.39, 0.29) is 72.2 Å². The molecular formula is C45H73NO10. The van der Waals surface area contributed by atoms with Gasteiger partial charge >= 0.3 is 0 Å². The monoisotopic (exact) mass is 788 g/mol. The summed E-state index contributed by atoms with van der Waals surface area (Å²) in [5.74, 6) is -2.21. The number of ketones is 1. The number of hydrogen-bond donors (Lipinski definition) is 4. The molecule has 4 fully saturated rings. The highest BCUT2D eigenvalue weighted by Gasteiger charge is 2.63. The van der Waals surface area contributed by atoms with E-state index in [4.69, 9.17) is 30.1 Å². The van der Waals surface area contributed by atoms with Gasteiger partial charge in [0.1, 0.15) is 11.9 Å². The number of rotatable bonds is 13. The van der Waals surface area contributed by atoms with E-state index in [1.54, 1.807) is 19.1 Å². The summed E-state index contributed by atoms with van der Waals surface area (Å²) in [4.78, 5) is 27.5. The first-order chi connectivity index (χ1) is 26.3. The van der Waals surface area contributed by atoms with Crippen molar-refractivity contribution in [3.8, 4) is 12.3 Å². The summed E-state index contributed by atoms with van der Waals surface area (Å²) in [6, 6.07) is 0. The maximum Gasteiger partial charge on any atom is 0.226 e. The zero-order chi connectivity index (χ0) is 41.4. The maximum atomic E-state index is 14.5. The van der Waals surface area contributed by atoms with Crippen LogP contribution in [-0.4, -0.2) is 99.1 Å². The molecule has 11 nitrogen and oxygen atoms in total. The standard InChI is InChI=1S/C45H73NO10/c1-12-24-46-41(50)32(13-2)34-17-16-26(5)39(53-34)30(9)37(48)29(8)38(49)33(14-3)40-27(6)25-28(7)44(54-40)21-18-35(47)45(56-44)23-22-42(11,55-45)36-19-20-43(51,15-4)31(10)52-36/h1,18,21,26-37,39-40,47-48,51H,13-17,19-20,22-25H2,2-11H3,(H,46,50)/t26-,27-,28+,29-,30-,31-,32+,33-,34+,35+,36+,37+,39+,40-,42-,43+,44-,45-/m0/s1. The number of nitrogens with one attached hydrogen (secondary N) is 1. The minimum atomic E-state index is -1.37. The van der Waals surface area contributed by atoms with Crippen LogP contribution in [0.3, 0.4) is 0 Å². The molecule has 0 aromatic heterocycles. The Balaban J connectivity index is 1.30. The Labute approximate surface area is 336 Å². The minimum Gasteiger partial charge on any atom is -0.392 e. The number of Topliss-reactive ketones (excluding diaryl/α,β-unsaturated/α-hetero) is 1. The first-order valence-electron chi connectivity index (χ1n) is 21.8. The summed E-state index contributed by atoms with van der Waals surface area (Å²) in [6.07, 6.45) is 11.4. The van der Waals surface area contributed by atoms with E-state index in [2.05, 4.69) is 32.0 Å². The summed E-state index contributed by atoms with van der Waals surface area (Å²) >= 11 is 0. The van der Waals surface area contributed by atoms with Gasteiger partial charge in [0.25, 0.3) is 0 Å². The topological polar surface area (TPSA) is 153 Å². The predicted octanol–water partition coefficient (Wildman–Crippen LogP) is 5.85. The summed E-state index contributed by atoms with van der Waals surface area (Å²) in [7, 11) is 0. The van der Waals surface area contributed by atoms with Crippen molar-refractivity contribution in [3.63, 3.8) is 0 Å². The molecule has 0 unspecified atom stereocenters. The zero-order valence-corrected chi connectivity index (χ0v) is 35.8. The summed E-state index contributed by atoms with van der Waals surface area (Å²) in [5, 5.41) is 37.2. The van der Waals surface area contributed by atoms with Gasteiger partial charge in [-0.25, -0.2) is 0 Å². The third kappa shape index (κ3) is 8.56. The second kappa shape index (κ2) is 17.8. The van der Waals surface area contributed by atoms with Crippen molar-refractivity contribution in [1.82, 2.24) is 5.32 Å². The Morgan fingerprint density at radius 3 is 2.27 bits per heavy atom. The van der Waals surface area contributed by atoms with E-state index in [1.165, 1.54) is 0 Å². The molecule has 0 bridgehead atoms. The van der Waals surface area contributed by atoms with Crippen LogP contribution < -0.4 is 5.32 Å². The lowest BCUT2D eigenvalue weighted by Gasteiger charge is -2.54. The third-order valence-corrected chi connectivity index (χ3v) is 14.8. The minimum absolute atomic E-state index is 0.0179. The van der Waals surface area contributed by atoms with Gasteiger partial charge in [-0.15, -0.1) is 6.42 Å². The van der Waals surface area contributed by atoms with Gasteiger partial charge in [-0.1, -0.05) is 61.3 Å². The lowest BCUT2D eigenvalue weighted by Crippen LogP contribution is -2.63. The molecule has 5 heterocycles. The zero-order valence-electron chi connectivity index (χ0n) is 35.8. The fourth-order valence-corrected chi connectivity index (χ4v) is 10.8. The number of carbonyl (C=O) groups is 2. The van der Waals surface area contributed by atoms with Crippen LogP contribution in [0.15, 0.2) is 12.2 Å². The normalized spacial score (nSPS) is 44.1. The average molecular weight is 788 g/mol. The Morgan fingerprint density at radius 2 is 1.64 bits per heavy atom. The molecule has 56 heavy (non-hydrogen) atoms. The molecule has 0 saturated carbocycles. The highest BCUT2D eigenvalue weighted by atomic mass is 16.8. The molecule has 2 spiro atoms. The second-order valence-corrected chi connectivity index (χ2v) is 18.5. The van der Waals surface area contributed by atoms with Crippen molar-refractivity contribution in [2.45, 2.75) is 199 Å². The van der Waals surface area contributed by atoms with Gasteiger partial charge < -0.3 is 44.3 Å². The van der Waals surface area contributed by atoms with Gasteiger partial charge in [0.15, 0.2) is 5.79 Å². The lowest BCUT2D eigenvalue weighted by atomic mass is 9.72. The van der Waals surface area contributed by atoms with E-state index in [9.17, 15) is 24.9 Å². The van der Waals surface area contributed by atoms with Gasteiger partial charge in [-0.2, -0.15) is 0 Å². The Morgan fingerprint density at radius 1 is 0.946 bits per heavy atom. The molecule has 5 aliphatic heterocycles. The molecule has 318 valence electrons. The van der Waals surface area contributed by atoms with Gasteiger partial charge in [0.05, 0.1) is 60.3 Å². The van der Waals surface area contributed by atoms with Crippen LogP contribution in [0.25, 0.3) is 0 Å². The molecule has 4 saturated heterocycles. The highest BCUT2D eigenvalue weighted by molar-refractivity contribution is 5.84. The largest absolute Gasteiger partial charge is 0.392 e. The molecule has 5 aliphatic rings. The Bertz CT molecular complexity index is 1450. The van der Waals surface area contributed by atoms with Crippen LogP contribution in [0.1, 0.15) is 133 Å². The van der Waals surface area contributed by atoms with Crippen molar-refractivity contribution < 1.29 is 48.6 Å². The van der Waals surface area contributed by atoms with Gasteiger partial charge in [0.2, 0.25) is 11.7 Å². The van der Waals surface area contributed by atoms with Crippen molar-refractivity contribution in [2.24, 2.45) is 41.4 Å². The summed E-state index contributed by atoms with van der Waals surface area (Å²) < 4.78 is 33.8. The maximum absolute atomic E-state index is 14.5. The summed E-state index contributed by atoms with van der Waals surface area (Å²) in [5.41, 5.74) is -1.63. The van der Waals surface area contributed by atoms with Crippen LogP contribution in [0.2, 0.25) is 0 Å². The van der Waals surface area contributed by atoms with Crippen LogP contribution in [0.4, 0.5) is 0 Å². The summed E-state index contributed by atoms with van der Waals surface area (Å²) in [6.45, 7) is 20.0. The highest BCUT2D eigenvalue weighted by Crippen LogP contribution is 2.54. The number of amides is 1. The number of aliphatic hydroxyl groups excluding tert-OH is 2. The smallest absolute Gasteiger partial charge is 0.226 e. The van der Waals surface area contributed by atoms with E-state index in [1.807, 2.05) is 41.5 Å². The van der Waals surface area contributed by atoms with Crippen molar-refractivity contribution in [3.05, 3.63) is 12.2 Å². The molecule has 1 amide bonds. The fraction of sp³-hybridized carbons (Fsp3) is 0.867. The number of aliphatic hydroxyl groups is 3. The molecule has 5 rings (SSSR count). The predicted molar refractivity (Wildman–Crippen MR) is 213 cm³/mol. The van der Waals surface area contributed by atoms with E-state index in [0.717, 1.165) is 19.3 Å². The van der Waals surface area contributed by atoms with Crippen LogP contribution in [0, 0.1) is 53.8 Å². The number of hydrogen-bond acceptors (Lipinski definition) is 10. The molecular weight excluding hydrogens is 714 g/mol. The number of carbonyl (C=O) groups excluding carboxylic acids is 2. The fourth-order valence-electron chi connectivity index (χ4n) is 10.8. The van der Waals surface area contributed by atoms with Crippen LogP contribution in [-0.2, 0) is 33.3 Å². The lowest BCUT2D eigenvalue weighted by molar-refractivity contribution is -0.409. The Hall–Kier alpha value is -1.88. The van der Waals surface area contributed by atoms with Gasteiger partial charge in [0, 0.05) is 30.1 Å². The quantitative estimate of drug-likeness (QED) is 0.132. The van der Waals surface area contributed by atoms with E-state index in [0.29, 0.717) is 44.9 Å². The Kier molecular flexibility index (Phi) is 14.3. The SMILES string of the molecule is C#CCNC(=O)[C@H](CC)[C@H]1CC[C@H](C)[C@H]([C@@H](C)[C@H](O)[C@H](C)C(=O)[C@H](CC)[C@H]2O[C@]3(C=C[C@@H](O)[C@]4(CC[C@@](C)([C@H]5CC[C@](O)(CC)[C@H](C)O5)O4)O3)[C@H](C)C[C@@H]2C)O1. The molecule has 18 atom stereocenters. The van der Waals surface area contributed by atoms with E-state index >= 15 is 0 Å². The molecule has 0 aliphatic carbocycles. The molecule has 11 heteroatoms. The third-order valence-electron chi connectivity index (χ3n) is 14.8. The van der Waals surface area contributed by atoms with Crippen molar-refractivity contribution in [2.75, 3.05) is 6.54 Å². The molecule has 0 aromatic rings. The van der Waals surface area contributed by atoms with Crippen molar-refractivity contribution >= 4 is 11.7 Å². The molecule has 4 N–H and O–H groups in total. The first-order valence-corrected chi connectivity index (χ1v) is 21.8. The van der Waals surface area contributed by atoms with Crippen LogP contribution in [0.5, 0.6) is 0 Å². The first kappa shape index (κ1) is 45.2.